The summed E-state index contributed by atoms with van der Waals surface area (Å²) < 4.78 is 26.1. The minimum absolute atomic E-state index is 0.306. The van der Waals surface area contributed by atoms with E-state index in [1.54, 1.807) is 30.3 Å². The molecular weight excluding hydrogens is 431 g/mol. The zero-order valence-electron chi connectivity index (χ0n) is 15.4. The van der Waals surface area contributed by atoms with Gasteiger partial charge in [0.05, 0.1) is 5.56 Å². The first-order valence-corrected chi connectivity index (χ1v) is 9.57. The first kappa shape index (κ1) is 23.4. The molecule has 0 radical (unpaired) electrons. The monoisotopic (exact) mass is 450 g/mol. The van der Waals surface area contributed by atoms with Crippen LogP contribution in [0.5, 0.6) is 0 Å². The zero-order chi connectivity index (χ0) is 21.4. The number of aliphatic hydroxyl groups excluding tert-OH is 1. The van der Waals surface area contributed by atoms with E-state index >= 15 is 0 Å². The Bertz CT molecular complexity index is 700. The first-order valence-electron chi connectivity index (χ1n) is 8.50. The predicted molar refractivity (Wildman–Crippen MR) is 99.6 cm³/mol. The second-order valence-electron chi connectivity index (χ2n) is 5.91. The predicted octanol–water partition coefficient (Wildman–Crippen LogP) is 0.877. The smallest absolute Gasteiger partial charge is 0.338 e. The molecule has 5 atom stereocenters. The number of rotatable bonds is 8. The molecule has 0 aromatic heterocycles. The van der Waals surface area contributed by atoms with Crippen molar-refractivity contribution in [1.29, 1.82) is 0 Å². The Labute approximate surface area is 176 Å². The topological polar surface area (TPSA) is 118 Å². The number of hydrogen-bond acceptors (Lipinski definition) is 9. The minimum Gasteiger partial charge on any atom is -0.459 e. The average Bonchev–Trinajstić information content (AvgIpc) is 2.75. The van der Waals surface area contributed by atoms with E-state index < -0.39 is 60.4 Å². The second kappa shape index (κ2) is 11.3. The highest BCUT2D eigenvalue weighted by molar-refractivity contribution is 6.26. The fourth-order valence-corrected chi connectivity index (χ4v) is 2.79. The van der Waals surface area contributed by atoms with Crippen LogP contribution in [0, 0.1) is 0 Å². The van der Waals surface area contributed by atoms with Gasteiger partial charge in [-0.1, -0.05) is 18.2 Å². The number of aliphatic hydroxyl groups is 1. The molecule has 11 heteroatoms. The van der Waals surface area contributed by atoms with Gasteiger partial charge in [0.1, 0.15) is 30.6 Å². The Hall–Kier alpha value is -1.91. The van der Waals surface area contributed by atoms with E-state index in [1.165, 1.54) is 7.11 Å². The van der Waals surface area contributed by atoms with Crippen LogP contribution in [0.2, 0.25) is 0 Å². The Morgan fingerprint density at radius 1 is 1.03 bits per heavy atom. The third-order valence-electron chi connectivity index (χ3n) is 3.99. The summed E-state index contributed by atoms with van der Waals surface area (Å²) in [6, 6.07) is 8.20. The van der Waals surface area contributed by atoms with Crippen molar-refractivity contribution < 1.29 is 43.2 Å². The quantitative estimate of drug-likeness (QED) is 0.349. The third kappa shape index (κ3) is 6.28. The van der Waals surface area contributed by atoms with Gasteiger partial charge in [0.15, 0.2) is 18.5 Å². The van der Waals surface area contributed by atoms with E-state index in [0.717, 1.165) is 0 Å². The lowest BCUT2D eigenvalue weighted by Gasteiger charge is -2.42. The minimum atomic E-state index is -1.51. The zero-order valence-corrected chi connectivity index (χ0v) is 16.9. The van der Waals surface area contributed by atoms with Gasteiger partial charge < -0.3 is 28.8 Å². The number of carbonyl (C=O) groups excluding carboxylic acids is 3. The number of benzene rings is 1. The van der Waals surface area contributed by atoms with Gasteiger partial charge in [0, 0.05) is 7.11 Å². The molecule has 29 heavy (non-hydrogen) atoms. The van der Waals surface area contributed by atoms with Crippen LogP contribution in [0.4, 0.5) is 0 Å². The molecule has 0 bridgehead atoms. The standard InChI is InChI=1S/C18H20Cl2O9/c1-25-18-16(29-13(22)8-20)15(28-12(21)7-19)14(23)11(27-18)9-26-17(24)10-5-3-2-4-6-10/h2-6,11,14-16,18,23H,7-9H2,1H3/t11-,14-,15+,16-,18+/m1/s1. The van der Waals surface area contributed by atoms with Gasteiger partial charge in [0.25, 0.3) is 0 Å². The molecule has 0 spiro atoms. The first-order chi connectivity index (χ1) is 13.9. The molecule has 0 amide bonds. The summed E-state index contributed by atoms with van der Waals surface area (Å²) >= 11 is 10.9. The van der Waals surface area contributed by atoms with Crippen molar-refractivity contribution in [3.8, 4) is 0 Å². The second-order valence-corrected chi connectivity index (χ2v) is 6.44. The Balaban J connectivity index is 2.14. The fourth-order valence-electron chi connectivity index (χ4n) is 2.66. The molecule has 1 aliphatic heterocycles. The van der Waals surface area contributed by atoms with Crippen molar-refractivity contribution in [3.63, 3.8) is 0 Å². The van der Waals surface area contributed by atoms with Gasteiger partial charge in [0.2, 0.25) is 0 Å². The number of carbonyl (C=O) groups is 3. The molecule has 1 fully saturated rings. The highest BCUT2D eigenvalue weighted by Crippen LogP contribution is 2.27. The van der Waals surface area contributed by atoms with Crippen molar-refractivity contribution in [2.75, 3.05) is 25.5 Å². The van der Waals surface area contributed by atoms with Crippen LogP contribution in [0.1, 0.15) is 10.4 Å². The van der Waals surface area contributed by atoms with Crippen LogP contribution in [-0.2, 0) is 33.3 Å². The Morgan fingerprint density at radius 3 is 2.17 bits per heavy atom. The summed E-state index contributed by atoms with van der Waals surface area (Å²) in [6.45, 7) is -0.375. The number of esters is 3. The summed E-state index contributed by atoms with van der Waals surface area (Å²) in [6.07, 6.45) is -6.56. The molecule has 1 aromatic carbocycles. The van der Waals surface area contributed by atoms with Gasteiger partial charge in [-0.2, -0.15) is 0 Å². The van der Waals surface area contributed by atoms with E-state index in [2.05, 4.69) is 0 Å². The van der Waals surface area contributed by atoms with E-state index in [1.807, 2.05) is 0 Å². The molecule has 2 rings (SSSR count). The van der Waals surface area contributed by atoms with Crippen molar-refractivity contribution in [2.45, 2.75) is 30.7 Å². The Morgan fingerprint density at radius 2 is 1.62 bits per heavy atom. The Kier molecular flexibility index (Phi) is 9.12. The summed E-state index contributed by atoms with van der Waals surface area (Å²) in [5.41, 5.74) is 0.306. The highest BCUT2D eigenvalue weighted by atomic mass is 35.5. The molecule has 0 saturated carbocycles. The van der Waals surface area contributed by atoms with E-state index in [-0.39, 0.29) is 6.61 Å². The lowest BCUT2D eigenvalue weighted by molar-refractivity contribution is -0.299. The van der Waals surface area contributed by atoms with Gasteiger partial charge >= 0.3 is 17.9 Å². The van der Waals surface area contributed by atoms with Crippen molar-refractivity contribution in [1.82, 2.24) is 0 Å². The number of ether oxygens (including phenoxy) is 5. The molecule has 160 valence electrons. The normalized spacial score (nSPS) is 26.4. The molecule has 9 nitrogen and oxygen atoms in total. The maximum atomic E-state index is 12.1. The van der Waals surface area contributed by atoms with Crippen LogP contribution in [-0.4, -0.2) is 79.2 Å². The van der Waals surface area contributed by atoms with E-state index in [4.69, 9.17) is 46.9 Å². The van der Waals surface area contributed by atoms with Crippen LogP contribution in [0.25, 0.3) is 0 Å². The summed E-state index contributed by atoms with van der Waals surface area (Å²) in [4.78, 5) is 35.4. The average molecular weight is 451 g/mol. The van der Waals surface area contributed by atoms with Gasteiger partial charge in [-0.3, -0.25) is 9.59 Å². The van der Waals surface area contributed by atoms with Crippen molar-refractivity contribution in [3.05, 3.63) is 35.9 Å². The van der Waals surface area contributed by atoms with Crippen LogP contribution < -0.4 is 0 Å². The van der Waals surface area contributed by atoms with Gasteiger partial charge in [-0.15, -0.1) is 23.2 Å². The van der Waals surface area contributed by atoms with Gasteiger partial charge in [-0.25, -0.2) is 4.79 Å². The number of alkyl halides is 2. The molecule has 0 aliphatic carbocycles. The molecule has 1 saturated heterocycles. The molecule has 0 unspecified atom stereocenters. The summed E-state index contributed by atoms with van der Waals surface area (Å²) in [7, 11) is 1.26. The van der Waals surface area contributed by atoms with Crippen molar-refractivity contribution >= 4 is 41.1 Å². The largest absolute Gasteiger partial charge is 0.459 e. The van der Waals surface area contributed by atoms with Crippen LogP contribution >= 0.6 is 23.2 Å². The maximum Gasteiger partial charge on any atom is 0.338 e. The molecule has 1 aliphatic rings. The number of methoxy groups -OCH3 is 1. The number of halogens is 2. The molecular formula is C18H20Cl2O9. The summed E-state index contributed by atoms with van der Waals surface area (Å²) in [5.74, 6) is -3.31. The fraction of sp³-hybridized carbons (Fsp3) is 0.500. The molecule has 1 N–H and O–H groups in total. The lowest BCUT2D eigenvalue weighted by atomic mass is 9.98. The lowest BCUT2D eigenvalue weighted by Crippen LogP contribution is -2.62. The van der Waals surface area contributed by atoms with Gasteiger partial charge in [-0.05, 0) is 12.1 Å². The molecule has 1 heterocycles. The van der Waals surface area contributed by atoms with Crippen LogP contribution in [0.3, 0.4) is 0 Å². The van der Waals surface area contributed by atoms with Crippen molar-refractivity contribution in [2.24, 2.45) is 0 Å². The number of hydrogen-bond donors (Lipinski definition) is 1. The summed E-state index contributed by atoms with van der Waals surface area (Å²) in [5, 5.41) is 10.6. The van der Waals surface area contributed by atoms with E-state index in [9.17, 15) is 19.5 Å². The maximum absolute atomic E-state index is 12.1. The van der Waals surface area contributed by atoms with Crippen LogP contribution in [0.15, 0.2) is 30.3 Å². The van der Waals surface area contributed by atoms with E-state index in [0.29, 0.717) is 5.56 Å². The SMILES string of the molecule is CO[C@H]1O[C@H](COC(=O)c2ccccc2)[C@@H](O)[C@H](OC(=O)CCl)[C@H]1OC(=O)CCl. The highest BCUT2D eigenvalue weighted by Gasteiger charge is 2.50. The molecule has 1 aromatic rings. The third-order valence-corrected chi connectivity index (χ3v) is 4.43.